The lowest BCUT2D eigenvalue weighted by atomic mass is 9.85. The van der Waals surface area contributed by atoms with Crippen LogP contribution in [0.5, 0.6) is 0 Å². The van der Waals surface area contributed by atoms with Crippen molar-refractivity contribution in [3.8, 4) is 0 Å². The topological polar surface area (TPSA) is 95.9 Å². The van der Waals surface area contributed by atoms with Gasteiger partial charge in [-0.25, -0.2) is 0 Å². The first kappa shape index (κ1) is 26.1. The summed E-state index contributed by atoms with van der Waals surface area (Å²) in [5.74, 6) is -1.09. The van der Waals surface area contributed by atoms with Crippen LogP contribution in [0, 0.1) is 5.92 Å². The molecule has 1 amide bonds. The van der Waals surface area contributed by atoms with E-state index in [4.69, 9.17) is 4.74 Å². The Morgan fingerprint density at radius 1 is 1.19 bits per heavy atom. The van der Waals surface area contributed by atoms with Crippen molar-refractivity contribution in [3.63, 3.8) is 0 Å². The van der Waals surface area contributed by atoms with Crippen molar-refractivity contribution in [1.82, 2.24) is 5.32 Å². The maximum atomic E-state index is 13.3. The number of nitrogens with one attached hydrogen (secondary N) is 1. The SMILES string of the molecule is CCOC(=O)[C@H](CCC1CCCCC1)N[C@H]1CCc2ccccc2N(CC(=O)O)C1=O.Cl. The highest BCUT2D eigenvalue weighted by Crippen LogP contribution is 2.29. The Morgan fingerprint density at radius 3 is 2.59 bits per heavy atom. The Hall–Kier alpha value is -2.12. The molecule has 1 heterocycles. The number of carbonyl (C=O) groups excluding carboxylic acids is 2. The number of fused-ring (bicyclic) bond motifs is 1. The number of esters is 1. The molecule has 8 heteroatoms. The molecule has 1 saturated carbocycles. The molecule has 2 atom stereocenters. The molecule has 0 spiro atoms. The van der Waals surface area contributed by atoms with Crippen molar-refractivity contribution in [3.05, 3.63) is 29.8 Å². The quantitative estimate of drug-likeness (QED) is 0.538. The van der Waals surface area contributed by atoms with Crippen molar-refractivity contribution in [2.45, 2.75) is 76.8 Å². The van der Waals surface area contributed by atoms with E-state index in [2.05, 4.69) is 5.32 Å². The summed E-state index contributed by atoms with van der Waals surface area (Å²) in [5.41, 5.74) is 1.57. The fraction of sp³-hybridized carbons (Fsp3) is 0.625. The second-order valence-corrected chi connectivity index (χ2v) is 8.59. The molecule has 0 saturated heterocycles. The van der Waals surface area contributed by atoms with Gasteiger partial charge in [0.2, 0.25) is 5.91 Å². The normalized spacial score (nSPS) is 20.0. The zero-order valence-corrected chi connectivity index (χ0v) is 19.6. The van der Waals surface area contributed by atoms with E-state index in [1.807, 2.05) is 12.1 Å². The smallest absolute Gasteiger partial charge is 0.323 e. The van der Waals surface area contributed by atoms with Gasteiger partial charge in [0.25, 0.3) is 0 Å². The zero-order valence-electron chi connectivity index (χ0n) is 18.8. The summed E-state index contributed by atoms with van der Waals surface area (Å²) >= 11 is 0. The average Bonchev–Trinajstić information content (AvgIpc) is 2.89. The van der Waals surface area contributed by atoms with Crippen molar-refractivity contribution >= 4 is 35.9 Å². The molecule has 2 N–H and O–H groups in total. The second kappa shape index (κ2) is 12.8. The summed E-state index contributed by atoms with van der Waals surface area (Å²) in [4.78, 5) is 38.7. The van der Waals surface area contributed by atoms with E-state index in [1.165, 1.54) is 37.0 Å². The molecule has 0 aromatic heterocycles. The van der Waals surface area contributed by atoms with Crippen molar-refractivity contribution in [2.24, 2.45) is 5.92 Å². The van der Waals surface area contributed by atoms with E-state index in [-0.39, 0.29) is 30.9 Å². The summed E-state index contributed by atoms with van der Waals surface area (Å²) in [6.07, 6.45) is 8.85. The molecule has 1 aromatic rings. The molecular weight excluding hydrogens is 432 g/mol. The first-order valence-corrected chi connectivity index (χ1v) is 11.5. The van der Waals surface area contributed by atoms with Gasteiger partial charge in [-0.05, 0) is 50.2 Å². The first-order valence-electron chi connectivity index (χ1n) is 11.5. The lowest BCUT2D eigenvalue weighted by Gasteiger charge is -2.28. The predicted molar refractivity (Wildman–Crippen MR) is 125 cm³/mol. The van der Waals surface area contributed by atoms with Crippen LogP contribution < -0.4 is 10.2 Å². The minimum Gasteiger partial charge on any atom is -0.480 e. The number of aryl methyl sites for hydroxylation is 1. The number of hydrogen-bond acceptors (Lipinski definition) is 5. The number of carbonyl (C=O) groups is 3. The lowest BCUT2D eigenvalue weighted by Crippen LogP contribution is -2.53. The number of halogens is 1. The first-order chi connectivity index (χ1) is 15.0. The van der Waals surface area contributed by atoms with Gasteiger partial charge < -0.3 is 9.84 Å². The molecule has 178 valence electrons. The van der Waals surface area contributed by atoms with Gasteiger partial charge in [0.1, 0.15) is 12.6 Å². The number of carboxylic acid groups (broad SMARTS) is 1. The van der Waals surface area contributed by atoms with Crippen LogP contribution in [0.3, 0.4) is 0 Å². The Balaban J connectivity index is 0.00000363. The van der Waals surface area contributed by atoms with Gasteiger partial charge >= 0.3 is 11.9 Å². The molecular formula is C24H35ClN2O5. The second-order valence-electron chi connectivity index (χ2n) is 8.59. The van der Waals surface area contributed by atoms with E-state index in [0.29, 0.717) is 30.9 Å². The van der Waals surface area contributed by atoms with Crippen LogP contribution in [-0.4, -0.2) is 48.2 Å². The minimum absolute atomic E-state index is 0. The van der Waals surface area contributed by atoms with Crippen molar-refractivity contribution < 1.29 is 24.2 Å². The summed E-state index contributed by atoms with van der Waals surface area (Å²) < 4.78 is 5.28. The third-order valence-corrected chi connectivity index (χ3v) is 6.40. The number of amides is 1. The fourth-order valence-electron chi connectivity index (χ4n) is 4.80. The largest absolute Gasteiger partial charge is 0.480 e. The van der Waals surface area contributed by atoms with Crippen molar-refractivity contribution in [2.75, 3.05) is 18.1 Å². The molecule has 3 rings (SSSR count). The van der Waals surface area contributed by atoms with Crippen LogP contribution in [0.1, 0.15) is 63.9 Å². The maximum absolute atomic E-state index is 13.3. The van der Waals surface area contributed by atoms with Crippen LogP contribution in [0.25, 0.3) is 0 Å². The standard InChI is InChI=1S/C24H34N2O5.ClH/c1-2-31-24(30)20(14-12-17-8-4-3-5-9-17)25-19-15-13-18-10-6-7-11-21(18)26(23(19)29)16-22(27)28;/h6-7,10-11,17,19-20,25H,2-5,8-9,12-16H2,1H3,(H,27,28);1H/t19-,20-;/m0./s1. The number of hydrogen-bond donors (Lipinski definition) is 2. The van der Waals surface area contributed by atoms with Crippen molar-refractivity contribution in [1.29, 1.82) is 0 Å². The van der Waals surface area contributed by atoms with Crippen LogP contribution in [0.4, 0.5) is 5.69 Å². The number of ether oxygens (including phenoxy) is 1. The molecule has 1 aliphatic carbocycles. The van der Waals surface area contributed by atoms with E-state index in [9.17, 15) is 19.5 Å². The third kappa shape index (κ3) is 6.94. The van der Waals surface area contributed by atoms with E-state index in [1.54, 1.807) is 19.1 Å². The zero-order chi connectivity index (χ0) is 22.2. The van der Waals surface area contributed by atoms with E-state index in [0.717, 1.165) is 12.0 Å². The highest BCUT2D eigenvalue weighted by molar-refractivity contribution is 6.02. The van der Waals surface area contributed by atoms with Gasteiger partial charge in [0, 0.05) is 5.69 Å². The van der Waals surface area contributed by atoms with Gasteiger partial charge in [-0.3, -0.25) is 24.6 Å². The highest BCUT2D eigenvalue weighted by Gasteiger charge is 2.34. The van der Waals surface area contributed by atoms with Gasteiger partial charge in [-0.15, -0.1) is 12.4 Å². The Morgan fingerprint density at radius 2 is 1.91 bits per heavy atom. The summed E-state index contributed by atoms with van der Waals surface area (Å²) in [6.45, 7) is 1.66. The van der Waals surface area contributed by atoms with Gasteiger partial charge in [0.15, 0.2) is 0 Å². The number of anilines is 1. The molecule has 1 aromatic carbocycles. The third-order valence-electron chi connectivity index (χ3n) is 6.40. The van der Waals surface area contributed by atoms with Crippen LogP contribution in [-0.2, 0) is 25.5 Å². The molecule has 7 nitrogen and oxygen atoms in total. The average molecular weight is 467 g/mol. The number of carboxylic acids is 1. The van der Waals surface area contributed by atoms with Crippen LogP contribution in [0.15, 0.2) is 24.3 Å². The van der Waals surface area contributed by atoms with Gasteiger partial charge in [0.05, 0.1) is 12.6 Å². The lowest BCUT2D eigenvalue weighted by molar-refractivity contribution is -0.146. The fourth-order valence-corrected chi connectivity index (χ4v) is 4.80. The Kier molecular flexibility index (Phi) is 10.5. The Labute approximate surface area is 196 Å². The predicted octanol–water partition coefficient (Wildman–Crippen LogP) is 3.72. The molecule has 32 heavy (non-hydrogen) atoms. The van der Waals surface area contributed by atoms with Gasteiger partial charge in [-0.1, -0.05) is 50.3 Å². The molecule has 2 aliphatic rings. The van der Waals surface area contributed by atoms with Gasteiger partial charge in [-0.2, -0.15) is 0 Å². The number of benzene rings is 1. The number of rotatable bonds is 9. The summed E-state index contributed by atoms with van der Waals surface area (Å²) in [5, 5.41) is 12.6. The monoisotopic (exact) mass is 466 g/mol. The minimum atomic E-state index is -1.07. The van der Waals surface area contributed by atoms with Crippen LogP contribution in [0.2, 0.25) is 0 Å². The highest BCUT2D eigenvalue weighted by atomic mass is 35.5. The molecule has 1 aliphatic heterocycles. The molecule has 1 fully saturated rings. The summed E-state index contributed by atoms with van der Waals surface area (Å²) in [7, 11) is 0. The number of para-hydroxylation sites is 1. The van der Waals surface area contributed by atoms with Crippen LogP contribution >= 0.6 is 12.4 Å². The molecule has 0 bridgehead atoms. The number of nitrogens with zero attached hydrogens (tertiary/aromatic N) is 1. The Bertz CT molecular complexity index is 781. The summed E-state index contributed by atoms with van der Waals surface area (Å²) in [6, 6.07) is 6.20. The maximum Gasteiger partial charge on any atom is 0.323 e. The van der Waals surface area contributed by atoms with E-state index >= 15 is 0 Å². The number of aliphatic carboxylic acids is 1. The van der Waals surface area contributed by atoms with E-state index < -0.39 is 24.6 Å². The molecule has 0 unspecified atom stereocenters. The molecule has 0 radical (unpaired) electrons.